The fourth-order valence-corrected chi connectivity index (χ4v) is 3.29. The van der Waals surface area contributed by atoms with E-state index in [2.05, 4.69) is 77.1 Å². The van der Waals surface area contributed by atoms with Crippen LogP contribution in [0.5, 0.6) is 0 Å². The van der Waals surface area contributed by atoms with Crippen LogP contribution in [-0.4, -0.2) is 0 Å². The summed E-state index contributed by atoms with van der Waals surface area (Å²) < 4.78 is 0. The lowest BCUT2D eigenvalue weighted by molar-refractivity contribution is 0.590. The third-order valence-corrected chi connectivity index (χ3v) is 4.66. The highest BCUT2D eigenvalue weighted by Crippen LogP contribution is 2.36. The van der Waals surface area contributed by atoms with Gasteiger partial charge >= 0.3 is 0 Å². The highest BCUT2D eigenvalue weighted by Gasteiger charge is 2.17. The molecule has 0 saturated carbocycles. The molecule has 0 amide bonds. The van der Waals surface area contributed by atoms with Crippen molar-refractivity contribution < 1.29 is 0 Å². The van der Waals surface area contributed by atoms with Crippen molar-refractivity contribution in [3.63, 3.8) is 0 Å². The maximum absolute atomic E-state index is 2.38. The number of aryl methyl sites for hydroxylation is 1. The molecule has 0 saturated heterocycles. The number of hydrogen-bond donors (Lipinski definition) is 0. The van der Waals surface area contributed by atoms with Crippen molar-refractivity contribution in [3.05, 3.63) is 64.2 Å². The Labute approximate surface area is 134 Å². The Kier molecular flexibility index (Phi) is 3.72. The van der Waals surface area contributed by atoms with Gasteiger partial charge in [0.15, 0.2) is 0 Å². The van der Waals surface area contributed by atoms with E-state index in [1.54, 1.807) is 0 Å². The van der Waals surface area contributed by atoms with Gasteiger partial charge in [-0.05, 0) is 58.6 Å². The van der Waals surface area contributed by atoms with Crippen molar-refractivity contribution in [3.8, 4) is 11.1 Å². The van der Waals surface area contributed by atoms with Crippen molar-refractivity contribution in [2.75, 3.05) is 0 Å². The second kappa shape index (κ2) is 5.43. The van der Waals surface area contributed by atoms with E-state index >= 15 is 0 Å². The largest absolute Gasteiger partial charge is 0.0683 e. The second-order valence-corrected chi connectivity index (χ2v) is 7.56. The van der Waals surface area contributed by atoms with Crippen LogP contribution < -0.4 is 0 Å². The average molecular weight is 290 g/mol. The molecule has 0 radical (unpaired) electrons. The van der Waals surface area contributed by atoms with Gasteiger partial charge in [-0.1, -0.05) is 75.7 Å². The molecule has 3 rings (SSSR count). The highest BCUT2D eigenvalue weighted by atomic mass is 14.2. The van der Waals surface area contributed by atoms with Crippen LogP contribution in [0.25, 0.3) is 17.2 Å². The molecule has 0 aromatic heterocycles. The Balaban J connectivity index is 2.10. The topological polar surface area (TPSA) is 0 Å². The first-order valence-electron chi connectivity index (χ1n) is 8.32. The second-order valence-electron chi connectivity index (χ2n) is 7.56. The summed E-state index contributed by atoms with van der Waals surface area (Å²) in [4.78, 5) is 0. The van der Waals surface area contributed by atoms with Crippen molar-refractivity contribution in [2.45, 2.75) is 52.9 Å². The van der Waals surface area contributed by atoms with Gasteiger partial charge in [-0.3, -0.25) is 0 Å². The summed E-state index contributed by atoms with van der Waals surface area (Å²) in [5, 5.41) is 0. The van der Waals surface area contributed by atoms with Gasteiger partial charge in [0.25, 0.3) is 0 Å². The van der Waals surface area contributed by atoms with Crippen LogP contribution in [0.1, 0.15) is 56.9 Å². The summed E-state index contributed by atoms with van der Waals surface area (Å²) in [7, 11) is 0. The first-order chi connectivity index (χ1) is 10.4. The summed E-state index contributed by atoms with van der Waals surface area (Å²) in [5.41, 5.74) is 10.2. The van der Waals surface area contributed by atoms with Gasteiger partial charge in [0, 0.05) is 0 Å². The quantitative estimate of drug-likeness (QED) is 0.620. The fourth-order valence-electron chi connectivity index (χ4n) is 3.29. The van der Waals surface area contributed by atoms with Crippen LogP contribution in [-0.2, 0) is 18.3 Å². The molecule has 1 aliphatic rings. The molecule has 0 spiro atoms. The van der Waals surface area contributed by atoms with Crippen LogP contribution in [0.2, 0.25) is 0 Å². The monoisotopic (exact) mass is 290 g/mol. The summed E-state index contributed by atoms with van der Waals surface area (Å²) in [6.45, 7) is 11.3. The van der Waals surface area contributed by atoms with E-state index in [9.17, 15) is 0 Å². The smallest absolute Gasteiger partial charge is 0.00603 e. The maximum Gasteiger partial charge on any atom is -0.00603 e. The maximum atomic E-state index is 2.38. The lowest BCUT2D eigenvalue weighted by atomic mass is 9.85. The fraction of sp³-hybridized carbons (Fsp3) is 0.364. The molecule has 2 aromatic carbocycles. The first-order valence-corrected chi connectivity index (χ1v) is 8.32. The van der Waals surface area contributed by atoms with E-state index in [4.69, 9.17) is 0 Å². The number of benzene rings is 2. The third-order valence-electron chi connectivity index (χ3n) is 4.66. The van der Waals surface area contributed by atoms with Crippen molar-refractivity contribution in [1.82, 2.24) is 0 Å². The molecule has 22 heavy (non-hydrogen) atoms. The van der Waals surface area contributed by atoms with Crippen molar-refractivity contribution >= 4 is 6.08 Å². The number of rotatable bonds is 2. The van der Waals surface area contributed by atoms with E-state index in [0.29, 0.717) is 0 Å². The summed E-state index contributed by atoms with van der Waals surface area (Å²) in [5.74, 6) is 0. The SMILES string of the molecule is CCc1cc2c(c(-c3ccc(C(C)(C)C)cc3)c1)C=C(C)C2. The molecule has 0 heteroatoms. The summed E-state index contributed by atoms with van der Waals surface area (Å²) in [6, 6.07) is 13.9. The van der Waals surface area contributed by atoms with Crippen LogP contribution in [0.3, 0.4) is 0 Å². The predicted molar refractivity (Wildman–Crippen MR) is 97.3 cm³/mol. The van der Waals surface area contributed by atoms with Crippen LogP contribution in [0.15, 0.2) is 42.0 Å². The van der Waals surface area contributed by atoms with Gasteiger partial charge < -0.3 is 0 Å². The van der Waals surface area contributed by atoms with Crippen molar-refractivity contribution in [1.29, 1.82) is 0 Å². The Morgan fingerprint density at radius 1 is 1.00 bits per heavy atom. The first kappa shape index (κ1) is 15.1. The average Bonchev–Trinajstić information content (AvgIpc) is 2.85. The molecular formula is C22H26. The molecule has 114 valence electrons. The molecular weight excluding hydrogens is 264 g/mol. The van der Waals surface area contributed by atoms with Gasteiger partial charge in [0.2, 0.25) is 0 Å². The number of hydrogen-bond acceptors (Lipinski definition) is 0. The van der Waals surface area contributed by atoms with Crippen molar-refractivity contribution in [2.24, 2.45) is 0 Å². The molecule has 0 N–H and O–H groups in total. The molecule has 2 aromatic rings. The Bertz CT molecular complexity index is 722. The van der Waals surface area contributed by atoms with Gasteiger partial charge in [0.1, 0.15) is 0 Å². The molecule has 0 fully saturated rings. The summed E-state index contributed by atoms with van der Waals surface area (Å²) >= 11 is 0. The number of fused-ring (bicyclic) bond motifs is 1. The standard InChI is InChI=1S/C22H26/c1-6-16-13-18-11-15(2)12-20(18)21(14-16)17-7-9-19(10-8-17)22(3,4)5/h7-10,12-14H,6,11H2,1-5H3. The molecule has 0 unspecified atom stereocenters. The van der Waals surface area contributed by atoms with Gasteiger partial charge in [-0.25, -0.2) is 0 Å². The Morgan fingerprint density at radius 2 is 1.68 bits per heavy atom. The van der Waals surface area contributed by atoms with Crippen LogP contribution in [0, 0.1) is 0 Å². The van der Waals surface area contributed by atoms with Crippen LogP contribution >= 0.6 is 0 Å². The minimum absolute atomic E-state index is 0.211. The van der Waals surface area contributed by atoms with E-state index in [0.717, 1.165) is 12.8 Å². The molecule has 0 bridgehead atoms. The minimum Gasteiger partial charge on any atom is -0.0683 e. The Hall–Kier alpha value is -1.82. The van der Waals surface area contributed by atoms with Gasteiger partial charge in [-0.2, -0.15) is 0 Å². The normalized spacial score (nSPS) is 14.0. The zero-order chi connectivity index (χ0) is 15.9. The summed E-state index contributed by atoms with van der Waals surface area (Å²) in [6.07, 6.45) is 4.57. The molecule has 0 heterocycles. The van der Waals surface area contributed by atoms with Crippen LogP contribution in [0.4, 0.5) is 0 Å². The molecule has 1 aliphatic carbocycles. The molecule has 0 atom stereocenters. The van der Waals surface area contributed by atoms with E-state index in [1.165, 1.54) is 39.0 Å². The minimum atomic E-state index is 0.211. The van der Waals surface area contributed by atoms with Gasteiger partial charge in [0.05, 0.1) is 0 Å². The lowest BCUT2D eigenvalue weighted by Crippen LogP contribution is -2.10. The van der Waals surface area contributed by atoms with Gasteiger partial charge in [-0.15, -0.1) is 0 Å². The zero-order valence-corrected chi connectivity index (χ0v) is 14.5. The predicted octanol–water partition coefficient (Wildman–Crippen LogP) is 6.17. The Morgan fingerprint density at radius 3 is 2.27 bits per heavy atom. The lowest BCUT2D eigenvalue weighted by Gasteiger charge is -2.19. The molecule has 0 aliphatic heterocycles. The van der Waals surface area contributed by atoms with E-state index in [1.807, 2.05) is 0 Å². The van der Waals surface area contributed by atoms with E-state index in [-0.39, 0.29) is 5.41 Å². The zero-order valence-electron chi connectivity index (χ0n) is 14.5. The highest BCUT2D eigenvalue weighted by molar-refractivity contribution is 5.81. The number of allylic oxidation sites excluding steroid dienone is 1. The third kappa shape index (κ3) is 2.75. The van der Waals surface area contributed by atoms with E-state index < -0.39 is 0 Å². The molecule has 0 nitrogen and oxygen atoms in total.